The minimum absolute atomic E-state index is 0.603. The summed E-state index contributed by atoms with van der Waals surface area (Å²) in [5.74, 6) is 0.712. The summed E-state index contributed by atoms with van der Waals surface area (Å²) in [6.07, 6.45) is 0. The lowest BCUT2D eigenvalue weighted by atomic mass is 10.1. The van der Waals surface area contributed by atoms with Gasteiger partial charge in [-0.2, -0.15) is 0 Å². The van der Waals surface area contributed by atoms with Crippen molar-refractivity contribution >= 4 is 33.4 Å². The zero-order valence-electron chi connectivity index (χ0n) is 9.98. The largest absolute Gasteiger partial charge is 0.492 e. The lowest BCUT2D eigenvalue weighted by Gasteiger charge is -2.08. The van der Waals surface area contributed by atoms with Crippen LogP contribution in [0.4, 0.5) is 0 Å². The lowest BCUT2D eigenvalue weighted by molar-refractivity contribution is 0.341. The molecule has 0 saturated carbocycles. The summed E-state index contributed by atoms with van der Waals surface area (Å²) in [5.41, 5.74) is 1.87. The number of halogens is 1. The van der Waals surface area contributed by atoms with Gasteiger partial charge in [-0.05, 0) is 31.2 Å². The fourth-order valence-corrected chi connectivity index (χ4v) is 2.33. The summed E-state index contributed by atoms with van der Waals surface area (Å²) in [6.45, 7) is 2.55. The van der Waals surface area contributed by atoms with Gasteiger partial charge in [0.25, 0.3) is 0 Å². The van der Waals surface area contributed by atoms with Crippen LogP contribution in [0, 0.1) is 0 Å². The Morgan fingerprint density at radius 3 is 2.78 bits per heavy atom. The van der Waals surface area contributed by atoms with Crippen LogP contribution in [0.3, 0.4) is 0 Å². The van der Waals surface area contributed by atoms with E-state index in [1.165, 1.54) is 0 Å². The standard InChI is InChI=1S/C15H12ClNO/c1-2-18-14-8-7-13-11(15(14)16)9-10-5-3-4-6-12(10)17-13/h3-9H,2H2,1H3. The van der Waals surface area contributed by atoms with Crippen molar-refractivity contribution in [3.63, 3.8) is 0 Å². The van der Waals surface area contributed by atoms with E-state index in [4.69, 9.17) is 16.3 Å². The number of rotatable bonds is 2. The Hall–Kier alpha value is -1.80. The van der Waals surface area contributed by atoms with E-state index in [0.717, 1.165) is 21.8 Å². The third-order valence-corrected chi connectivity index (χ3v) is 3.29. The zero-order chi connectivity index (χ0) is 12.5. The third-order valence-electron chi connectivity index (χ3n) is 2.90. The molecule has 0 unspecified atom stereocenters. The first-order valence-corrected chi connectivity index (χ1v) is 6.28. The van der Waals surface area contributed by atoms with Gasteiger partial charge in [-0.3, -0.25) is 0 Å². The van der Waals surface area contributed by atoms with Gasteiger partial charge in [0.15, 0.2) is 0 Å². The number of hydrogen-bond acceptors (Lipinski definition) is 2. The monoisotopic (exact) mass is 257 g/mol. The van der Waals surface area contributed by atoms with Gasteiger partial charge in [-0.15, -0.1) is 0 Å². The number of para-hydroxylation sites is 1. The van der Waals surface area contributed by atoms with Crippen molar-refractivity contribution in [1.82, 2.24) is 4.98 Å². The smallest absolute Gasteiger partial charge is 0.138 e. The molecule has 3 heteroatoms. The average molecular weight is 258 g/mol. The maximum Gasteiger partial charge on any atom is 0.138 e. The van der Waals surface area contributed by atoms with Crippen LogP contribution < -0.4 is 4.74 Å². The summed E-state index contributed by atoms with van der Waals surface area (Å²) in [5, 5.41) is 2.65. The second-order valence-corrected chi connectivity index (χ2v) is 4.44. The highest BCUT2D eigenvalue weighted by Crippen LogP contribution is 2.33. The van der Waals surface area contributed by atoms with Crippen LogP contribution in [0.2, 0.25) is 5.02 Å². The van der Waals surface area contributed by atoms with Crippen LogP contribution in [-0.4, -0.2) is 11.6 Å². The van der Waals surface area contributed by atoms with Crippen LogP contribution in [0.5, 0.6) is 5.75 Å². The van der Waals surface area contributed by atoms with Crippen molar-refractivity contribution in [3.05, 3.63) is 47.5 Å². The van der Waals surface area contributed by atoms with Crippen molar-refractivity contribution < 1.29 is 4.74 Å². The third kappa shape index (κ3) is 1.79. The van der Waals surface area contributed by atoms with E-state index >= 15 is 0 Å². The van der Waals surface area contributed by atoms with Crippen molar-refractivity contribution in [2.24, 2.45) is 0 Å². The Morgan fingerprint density at radius 2 is 1.94 bits per heavy atom. The first-order chi connectivity index (χ1) is 8.79. The molecule has 0 spiro atoms. The average Bonchev–Trinajstić information content (AvgIpc) is 2.41. The van der Waals surface area contributed by atoms with Crippen molar-refractivity contribution in [2.75, 3.05) is 6.61 Å². The Kier molecular flexibility index (Phi) is 2.80. The number of hydrogen-bond donors (Lipinski definition) is 0. The molecule has 1 aromatic heterocycles. The number of ether oxygens (including phenoxy) is 1. The molecule has 18 heavy (non-hydrogen) atoms. The molecule has 0 saturated heterocycles. The predicted octanol–water partition coefficient (Wildman–Crippen LogP) is 4.44. The van der Waals surface area contributed by atoms with E-state index in [9.17, 15) is 0 Å². The first kappa shape index (κ1) is 11.3. The quantitative estimate of drug-likeness (QED) is 0.633. The fourth-order valence-electron chi connectivity index (χ4n) is 2.06. The Labute approximate surface area is 110 Å². The van der Waals surface area contributed by atoms with Crippen LogP contribution in [0.1, 0.15) is 6.92 Å². The number of benzene rings is 2. The molecule has 0 bridgehead atoms. The van der Waals surface area contributed by atoms with Crippen molar-refractivity contribution in [2.45, 2.75) is 6.92 Å². The number of aromatic nitrogens is 1. The number of pyridine rings is 1. The second kappa shape index (κ2) is 4.46. The van der Waals surface area contributed by atoms with Gasteiger partial charge in [-0.1, -0.05) is 29.8 Å². The topological polar surface area (TPSA) is 22.1 Å². The van der Waals surface area contributed by atoms with Gasteiger partial charge < -0.3 is 4.74 Å². The molecule has 3 rings (SSSR count). The molecule has 0 fully saturated rings. The van der Waals surface area contributed by atoms with Crippen LogP contribution in [0.25, 0.3) is 21.8 Å². The highest BCUT2D eigenvalue weighted by molar-refractivity contribution is 6.37. The predicted molar refractivity (Wildman–Crippen MR) is 75.4 cm³/mol. The second-order valence-electron chi connectivity index (χ2n) is 4.06. The Morgan fingerprint density at radius 1 is 1.11 bits per heavy atom. The normalized spacial score (nSPS) is 11.0. The summed E-state index contributed by atoms with van der Waals surface area (Å²) in [7, 11) is 0. The highest BCUT2D eigenvalue weighted by Gasteiger charge is 2.08. The zero-order valence-corrected chi connectivity index (χ0v) is 10.7. The molecule has 0 atom stereocenters. The maximum absolute atomic E-state index is 6.36. The molecule has 0 aliphatic heterocycles. The summed E-state index contributed by atoms with van der Waals surface area (Å²) in [6, 6.07) is 13.9. The SMILES string of the molecule is CCOc1ccc2nc3ccccc3cc2c1Cl. The van der Waals surface area contributed by atoms with E-state index < -0.39 is 0 Å². The summed E-state index contributed by atoms with van der Waals surface area (Å²) >= 11 is 6.36. The number of nitrogens with zero attached hydrogens (tertiary/aromatic N) is 1. The lowest BCUT2D eigenvalue weighted by Crippen LogP contribution is -1.93. The summed E-state index contributed by atoms with van der Waals surface area (Å²) < 4.78 is 5.50. The Bertz CT molecular complexity index is 724. The number of fused-ring (bicyclic) bond motifs is 2. The highest BCUT2D eigenvalue weighted by atomic mass is 35.5. The van der Waals surface area contributed by atoms with E-state index in [-0.39, 0.29) is 0 Å². The molecule has 0 aliphatic rings. The maximum atomic E-state index is 6.36. The molecule has 2 nitrogen and oxygen atoms in total. The van der Waals surface area contributed by atoms with Gasteiger partial charge in [0, 0.05) is 10.8 Å². The van der Waals surface area contributed by atoms with Crippen LogP contribution >= 0.6 is 11.6 Å². The van der Waals surface area contributed by atoms with Crippen LogP contribution in [-0.2, 0) is 0 Å². The molecule has 0 aliphatic carbocycles. The Balaban J connectivity index is 2.33. The molecular weight excluding hydrogens is 246 g/mol. The van der Waals surface area contributed by atoms with E-state index in [1.54, 1.807) is 0 Å². The molecular formula is C15H12ClNO. The molecule has 0 radical (unpaired) electrons. The molecule has 0 N–H and O–H groups in total. The van der Waals surface area contributed by atoms with E-state index in [0.29, 0.717) is 17.4 Å². The van der Waals surface area contributed by atoms with Crippen molar-refractivity contribution in [3.8, 4) is 5.75 Å². The van der Waals surface area contributed by atoms with Gasteiger partial charge in [-0.25, -0.2) is 4.98 Å². The minimum atomic E-state index is 0.603. The van der Waals surface area contributed by atoms with Gasteiger partial charge in [0.2, 0.25) is 0 Å². The first-order valence-electron chi connectivity index (χ1n) is 5.90. The minimum Gasteiger partial charge on any atom is -0.492 e. The molecule has 2 aromatic carbocycles. The van der Waals surface area contributed by atoms with E-state index in [2.05, 4.69) is 11.1 Å². The molecule has 0 amide bonds. The fraction of sp³-hybridized carbons (Fsp3) is 0.133. The van der Waals surface area contributed by atoms with Gasteiger partial charge >= 0.3 is 0 Å². The van der Waals surface area contributed by atoms with E-state index in [1.807, 2.05) is 43.3 Å². The molecule has 1 heterocycles. The van der Waals surface area contributed by atoms with Crippen LogP contribution in [0.15, 0.2) is 42.5 Å². The van der Waals surface area contributed by atoms with Crippen molar-refractivity contribution in [1.29, 1.82) is 0 Å². The summed E-state index contributed by atoms with van der Waals surface area (Å²) in [4.78, 5) is 4.60. The van der Waals surface area contributed by atoms with Gasteiger partial charge in [0.05, 0.1) is 22.7 Å². The van der Waals surface area contributed by atoms with Gasteiger partial charge in [0.1, 0.15) is 5.75 Å². The molecule has 3 aromatic rings. The molecule has 90 valence electrons.